The SMILES string of the molecule is CC(O)O[C@H]1OC(CO)[C@@H](N)CC1O. The van der Waals surface area contributed by atoms with Crippen LogP contribution in [-0.4, -0.2) is 52.8 Å². The van der Waals surface area contributed by atoms with E-state index >= 15 is 0 Å². The largest absolute Gasteiger partial charge is 0.394 e. The summed E-state index contributed by atoms with van der Waals surface area (Å²) in [5, 5.41) is 27.3. The minimum absolute atomic E-state index is 0.229. The second-order valence-electron chi connectivity index (χ2n) is 3.43. The molecule has 1 saturated heterocycles. The first-order valence-corrected chi connectivity index (χ1v) is 4.58. The van der Waals surface area contributed by atoms with Crippen LogP contribution in [0.4, 0.5) is 0 Å². The lowest BCUT2D eigenvalue weighted by Crippen LogP contribution is -2.53. The fourth-order valence-electron chi connectivity index (χ4n) is 1.40. The Morgan fingerprint density at radius 1 is 1.64 bits per heavy atom. The van der Waals surface area contributed by atoms with Gasteiger partial charge in [-0.2, -0.15) is 0 Å². The van der Waals surface area contributed by atoms with Crippen molar-refractivity contribution in [3.05, 3.63) is 0 Å². The van der Waals surface area contributed by atoms with Gasteiger partial charge in [-0.15, -0.1) is 0 Å². The lowest BCUT2D eigenvalue weighted by Gasteiger charge is -2.37. The Bertz CT molecular complexity index is 177. The summed E-state index contributed by atoms with van der Waals surface area (Å²) in [5.74, 6) is 0. The number of hydrogen-bond donors (Lipinski definition) is 4. The smallest absolute Gasteiger partial charge is 0.186 e. The molecule has 0 aromatic rings. The van der Waals surface area contributed by atoms with Gasteiger partial charge in [-0.3, -0.25) is 0 Å². The fourth-order valence-corrected chi connectivity index (χ4v) is 1.40. The lowest BCUT2D eigenvalue weighted by atomic mass is 10.0. The van der Waals surface area contributed by atoms with Crippen molar-refractivity contribution in [2.24, 2.45) is 5.73 Å². The number of aliphatic hydroxyl groups is 3. The molecule has 1 heterocycles. The van der Waals surface area contributed by atoms with Crippen LogP contribution in [0.15, 0.2) is 0 Å². The molecule has 6 heteroatoms. The van der Waals surface area contributed by atoms with E-state index in [1.165, 1.54) is 6.92 Å². The number of hydrogen-bond acceptors (Lipinski definition) is 6. The second kappa shape index (κ2) is 5.01. The second-order valence-corrected chi connectivity index (χ2v) is 3.43. The molecule has 0 saturated carbocycles. The maximum atomic E-state index is 9.48. The Morgan fingerprint density at radius 3 is 2.79 bits per heavy atom. The molecule has 1 rings (SSSR count). The zero-order valence-corrected chi connectivity index (χ0v) is 8.04. The molecule has 3 unspecified atom stereocenters. The molecular formula is C8H17NO5. The normalized spacial score (nSPS) is 40.9. The highest BCUT2D eigenvalue weighted by Gasteiger charge is 2.36. The van der Waals surface area contributed by atoms with Crippen molar-refractivity contribution in [1.82, 2.24) is 0 Å². The van der Waals surface area contributed by atoms with Gasteiger partial charge in [0.2, 0.25) is 0 Å². The van der Waals surface area contributed by atoms with E-state index in [-0.39, 0.29) is 13.0 Å². The van der Waals surface area contributed by atoms with Gasteiger partial charge in [-0.05, 0) is 13.3 Å². The van der Waals surface area contributed by atoms with E-state index in [2.05, 4.69) is 0 Å². The summed E-state index contributed by atoms with van der Waals surface area (Å²) in [5.41, 5.74) is 5.61. The summed E-state index contributed by atoms with van der Waals surface area (Å²) in [6.45, 7) is 1.19. The van der Waals surface area contributed by atoms with E-state index in [0.29, 0.717) is 0 Å². The molecule has 6 nitrogen and oxygen atoms in total. The van der Waals surface area contributed by atoms with Crippen molar-refractivity contribution < 1.29 is 24.8 Å². The molecule has 5 N–H and O–H groups in total. The lowest BCUT2D eigenvalue weighted by molar-refractivity contribution is -0.292. The molecule has 1 aliphatic rings. The number of nitrogens with two attached hydrogens (primary N) is 1. The van der Waals surface area contributed by atoms with E-state index < -0.39 is 30.8 Å². The molecule has 14 heavy (non-hydrogen) atoms. The Labute approximate surface area is 82.2 Å². The molecule has 0 aliphatic carbocycles. The number of aliphatic hydroxyl groups excluding tert-OH is 3. The fraction of sp³-hybridized carbons (Fsp3) is 1.00. The molecule has 0 radical (unpaired) electrons. The van der Waals surface area contributed by atoms with Gasteiger partial charge < -0.3 is 30.5 Å². The average molecular weight is 207 g/mol. The average Bonchev–Trinajstić information content (AvgIpc) is 2.09. The minimum atomic E-state index is -1.02. The van der Waals surface area contributed by atoms with Crippen molar-refractivity contribution in [3.63, 3.8) is 0 Å². The first kappa shape index (κ1) is 11.8. The van der Waals surface area contributed by atoms with Crippen molar-refractivity contribution in [3.8, 4) is 0 Å². The van der Waals surface area contributed by atoms with Gasteiger partial charge in [0.25, 0.3) is 0 Å². The van der Waals surface area contributed by atoms with Gasteiger partial charge >= 0.3 is 0 Å². The third-order valence-electron chi connectivity index (χ3n) is 2.13. The maximum absolute atomic E-state index is 9.48. The van der Waals surface area contributed by atoms with E-state index in [0.717, 1.165) is 0 Å². The van der Waals surface area contributed by atoms with Crippen molar-refractivity contribution in [2.75, 3.05) is 6.61 Å². The topological polar surface area (TPSA) is 105 Å². The summed E-state index contributed by atoms with van der Waals surface area (Å²) in [6.07, 6.45) is -3.09. The van der Waals surface area contributed by atoms with Gasteiger partial charge in [0.15, 0.2) is 12.6 Å². The van der Waals surface area contributed by atoms with Crippen LogP contribution in [0.5, 0.6) is 0 Å². The predicted octanol–water partition coefficient (Wildman–Crippen LogP) is -1.86. The van der Waals surface area contributed by atoms with Crippen molar-refractivity contribution in [1.29, 1.82) is 0 Å². The first-order chi connectivity index (χ1) is 6.54. The number of rotatable bonds is 3. The summed E-state index contributed by atoms with van der Waals surface area (Å²) in [7, 11) is 0. The Kier molecular flexibility index (Phi) is 4.24. The highest BCUT2D eigenvalue weighted by molar-refractivity contribution is 4.83. The molecule has 0 amide bonds. The van der Waals surface area contributed by atoms with Crippen LogP contribution in [0.25, 0.3) is 0 Å². The maximum Gasteiger partial charge on any atom is 0.186 e. The zero-order valence-electron chi connectivity index (χ0n) is 8.04. The Balaban J connectivity index is 2.50. The van der Waals surface area contributed by atoms with Gasteiger partial charge in [0.1, 0.15) is 6.10 Å². The quantitative estimate of drug-likeness (QED) is 0.404. The molecular weight excluding hydrogens is 190 g/mol. The van der Waals surface area contributed by atoms with Crippen LogP contribution in [0, 0.1) is 0 Å². The first-order valence-electron chi connectivity index (χ1n) is 4.58. The molecule has 0 aromatic heterocycles. The van der Waals surface area contributed by atoms with Crippen molar-refractivity contribution >= 4 is 0 Å². The van der Waals surface area contributed by atoms with Crippen LogP contribution in [0.2, 0.25) is 0 Å². The van der Waals surface area contributed by atoms with E-state index in [1.54, 1.807) is 0 Å². The van der Waals surface area contributed by atoms with Crippen LogP contribution in [0.1, 0.15) is 13.3 Å². The van der Waals surface area contributed by atoms with Crippen LogP contribution in [-0.2, 0) is 9.47 Å². The zero-order chi connectivity index (χ0) is 10.7. The molecule has 0 bridgehead atoms. The van der Waals surface area contributed by atoms with E-state index in [9.17, 15) is 5.11 Å². The summed E-state index contributed by atoms with van der Waals surface area (Å²) in [4.78, 5) is 0. The standard InChI is InChI=1S/C8H17NO5/c1-4(11)13-8-6(12)2-5(9)7(3-10)14-8/h4-8,10-12H,2-3,9H2,1H3/t4?,5-,6?,7?,8-/m0/s1. The number of ether oxygens (including phenoxy) is 2. The molecule has 84 valence electrons. The highest BCUT2D eigenvalue weighted by Crippen LogP contribution is 2.20. The van der Waals surface area contributed by atoms with Gasteiger partial charge in [0, 0.05) is 6.04 Å². The third-order valence-corrected chi connectivity index (χ3v) is 2.13. The minimum Gasteiger partial charge on any atom is -0.394 e. The van der Waals surface area contributed by atoms with Gasteiger partial charge in [-0.25, -0.2) is 0 Å². The Hall–Kier alpha value is -0.240. The highest BCUT2D eigenvalue weighted by atomic mass is 16.7. The Morgan fingerprint density at radius 2 is 2.29 bits per heavy atom. The molecule has 5 atom stereocenters. The summed E-state index contributed by atoms with van der Waals surface area (Å²) < 4.78 is 10.1. The van der Waals surface area contributed by atoms with Crippen LogP contribution in [0.3, 0.4) is 0 Å². The summed E-state index contributed by atoms with van der Waals surface area (Å²) in [6, 6.07) is -0.413. The van der Waals surface area contributed by atoms with E-state index in [4.69, 9.17) is 25.4 Å². The summed E-state index contributed by atoms with van der Waals surface area (Å²) >= 11 is 0. The van der Waals surface area contributed by atoms with Crippen molar-refractivity contribution in [2.45, 2.75) is 44.2 Å². The van der Waals surface area contributed by atoms with Crippen LogP contribution >= 0.6 is 0 Å². The third kappa shape index (κ3) is 2.88. The van der Waals surface area contributed by atoms with Gasteiger partial charge in [0.05, 0.1) is 12.7 Å². The monoisotopic (exact) mass is 207 g/mol. The molecule has 1 fully saturated rings. The van der Waals surface area contributed by atoms with Gasteiger partial charge in [-0.1, -0.05) is 0 Å². The molecule has 0 spiro atoms. The molecule has 0 aromatic carbocycles. The predicted molar refractivity (Wildman–Crippen MR) is 47.1 cm³/mol. The van der Waals surface area contributed by atoms with E-state index in [1.807, 2.05) is 0 Å². The van der Waals surface area contributed by atoms with Crippen LogP contribution < -0.4 is 5.73 Å². The molecule has 1 aliphatic heterocycles.